The number of carbonyl (C=O) groups excluding carboxylic acids is 1. The summed E-state index contributed by atoms with van der Waals surface area (Å²) in [7, 11) is 0. The van der Waals surface area contributed by atoms with Gasteiger partial charge in [-0.1, -0.05) is 12.1 Å². The molecule has 18 heavy (non-hydrogen) atoms. The molecule has 1 aromatic carbocycles. The minimum atomic E-state index is -1.55. The van der Waals surface area contributed by atoms with Crippen LogP contribution in [0.25, 0.3) is 0 Å². The smallest absolute Gasteiger partial charge is 0.337 e. The molecule has 98 valence electrons. The molecule has 0 heterocycles. The predicted molar refractivity (Wildman–Crippen MR) is 70.2 cm³/mol. The fourth-order valence-corrected chi connectivity index (χ4v) is 2.23. The summed E-state index contributed by atoms with van der Waals surface area (Å²) in [5.74, 6) is -1.45. The topological polar surface area (TPSA) is 74.6 Å². The van der Waals surface area contributed by atoms with E-state index in [4.69, 9.17) is 16.7 Å². The lowest BCUT2D eigenvalue weighted by molar-refractivity contribution is -0.147. The van der Waals surface area contributed by atoms with Crippen molar-refractivity contribution in [2.24, 2.45) is 0 Å². The van der Waals surface area contributed by atoms with Crippen LogP contribution in [0.4, 0.5) is 0 Å². The molecule has 1 aromatic rings. The predicted octanol–water partition coefficient (Wildman–Crippen LogP) is 1.88. The third-order valence-corrected chi connectivity index (χ3v) is 3.52. The molecule has 1 rings (SSSR count). The number of aliphatic hydroxyl groups excluding tert-OH is 1. The molecule has 0 saturated carbocycles. The number of carboxylic acid groups (broad SMARTS) is 1. The van der Waals surface area contributed by atoms with Crippen LogP contribution in [0.3, 0.4) is 0 Å². The lowest BCUT2D eigenvalue weighted by atomic mass is 10.0. The van der Waals surface area contributed by atoms with Crippen LogP contribution in [0.2, 0.25) is 0 Å². The molecule has 1 unspecified atom stereocenters. The molecule has 4 nitrogen and oxygen atoms in total. The second-order valence-corrected chi connectivity index (χ2v) is 4.78. The number of hydrogen-bond donors (Lipinski definition) is 2. The average molecular weight is 289 g/mol. The van der Waals surface area contributed by atoms with Gasteiger partial charge in [0, 0.05) is 11.3 Å². The Bertz CT molecular complexity index is 461. The number of hydrogen-bond acceptors (Lipinski definition) is 4. The van der Waals surface area contributed by atoms with Crippen molar-refractivity contribution >= 4 is 35.1 Å². The van der Waals surface area contributed by atoms with Gasteiger partial charge in [0.25, 0.3) is 0 Å². The largest absolute Gasteiger partial charge is 0.479 e. The first kappa shape index (κ1) is 15.0. The molecule has 1 atom stereocenters. The quantitative estimate of drug-likeness (QED) is 0.617. The van der Waals surface area contributed by atoms with Crippen LogP contribution in [-0.2, 0) is 16.0 Å². The lowest BCUT2D eigenvalue weighted by Crippen LogP contribution is -2.11. The van der Waals surface area contributed by atoms with Crippen molar-refractivity contribution < 1.29 is 19.8 Å². The highest BCUT2D eigenvalue weighted by Crippen LogP contribution is 2.25. The van der Waals surface area contributed by atoms with E-state index in [0.717, 1.165) is 10.5 Å². The Morgan fingerprint density at radius 3 is 2.61 bits per heavy atom. The summed E-state index contributed by atoms with van der Waals surface area (Å²) >= 11 is 6.84. The third kappa shape index (κ3) is 3.73. The second-order valence-electron chi connectivity index (χ2n) is 3.66. The highest BCUT2D eigenvalue weighted by molar-refractivity contribution is 7.98. The van der Waals surface area contributed by atoms with Gasteiger partial charge in [-0.25, -0.2) is 4.79 Å². The van der Waals surface area contributed by atoms with Crippen LogP contribution in [-0.4, -0.2) is 34.1 Å². The van der Waals surface area contributed by atoms with Gasteiger partial charge >= 0.3 is 5.97 Å². The minimum absolute atomic E-state index is 0.0483. The van der Waals surface area contributed by atoms with E-state index < -0.39 is 12.1 Å². The van der Waals surface area contributed by atoms with Gasteiger partial charge in [-0.05, 0) is 23.4 Å². The fourth-order valence-electron chi connectivity index (χ4n) is 1.48. The third-order valence-electron chi connectivity index (χ3n) is 2.40. The van der Waals surface area contributed by atoms with Gasteiger partial charge in [0.2, 0.25) is 0 Å². The van der Waals surface area contributed by atoms with Crippen molar-refractivity contribution in [3.8, 4) is 0 Å². The van der Waals surface area contributed by atoms with Crippen LogP contribution in [0.1, 0.15) is 17.2 Å². The molecular formula is C12H13ClO4S. The van der Waals surface area contributed by atoms with E-state index >= 15 is 0 Å². The number of alkyl halides is 1. The molecule has 0 aromatic heterocycles. The molecule has 0 aliphatic carbocycles. The Morgan fingerprint density at radius 1 is 1.44 bits per heavy atom. The van der Waals surface area contributed by atoms with Crippen molar-refractivity contribution in [1.82, 2.24) is 0 Å². The summed E-state index contributed by atoms with van der Waals surface area (Å²) in [6.07, 6.45) is 0.484. The Kier molecular flexibility index (Phi) is 5.65. The summed E-state index contributed by atoms with van der Waals surface area (Å²) in [5, 5.41) is 18.2. The first-order valence-corrected chi connectivity index (χ1v) is 6.90. The molecule has 2 N–H and O–H groups in total. The second kappa shape index (κ2) is 6.78. The van der Waals surface area contributed by atoms with Crippen molar-refractivity contribution in [3.05, 3.63) is 29.3 Å². The minimum Gasteiger partial charge on any atom is -0.479 e. The highest BCUT2D eigenvalue weighted by Gasteiger charge is 2.17. The average Bonchev–Trinajstić information content (AvgIpc) is 2.37. The van der Waals surface area contributed by atoms with Gasteiger partial charge in [0.1, 0.15) is 0 Å². The van der Waals surface area contributed by atoms with E-state index in [1.165, 1.54) is 17.8 Å². The number of ketones is 1. The van der Waals surface area contributed by atoms with Gasteiger partial charge in [0.15, 0.2) is 11.9 Å². The molecule has 0 saturated heterocycles. The summed E-state index contributed by atoms with van der Waals surface area (Å²) in [6, 6.07) is 4.74. The lowest BCUT2D eigenvalue weighted by Gasteiger charge is -2.11. The number of rotatable bonds is 6. The molecule has 0 fully saturated rings. The fraction of sp³-hybridized carbons (Fsp3) is 0.333. The molecule has 0 amide bonds. The molecule has 0 radical (unpaired) electrons. The maximum atomic E-state index is 11.3. The highest BCUT2D eigenvalue weighted by atomic mass is 35.5. The first-order valence-electron chi connectivity index (χ1n) is 5.15. The zero-order valence-electron chi connectivity index (χ0n) is 9.72. The number of halogens is 1. The van der Waals surface area contributed by atoms with E-state index in [1.54, 1.807) is 12.1 Å². The zero-order chi connectivity index (χ0) is 13.7. The molecular weight excluding hydrogens is 276 g/mol. The summed E-state index contributed by atoms with van der Waals surface area (Å²) in [6.45, 7) is 0. The zero-order valence-corrected chi connectivity index (χ0v) is 11.3. The Hall–Kier alpha value is -1.04. The maximum absolute atomic E-state index is 11.3. The normalized spacial score (nSPS) is 12.2. The van der Waals surface area contributed by atoms with E-state index in [1.807, 2.05) is 6.26 Å². The van der Waals surface area contributed by atoms with Gasteiger partial charge in [0.05, 0.1) is 5.88 Å². The molecule has 0 bridgehead atoms. The van der Waals surface area contributed by atoms with Crippen molar-refractivity contribution in [2.75, 3.05) is 12.1 Å². The number of carboxylic acids is 1. The van der Waals surface area contributed by atoms with Crippen LogP contribution in [0.5, 0.6) is 0 Å². The molecule has 0 aliphatic heterocycles. The molecule has 0 aliphatic rings. The standard InChI is InChI=1S/C12H13ClO4S/c1-18-10-5-8(11(15)12(16)17)3-2-7(10)4-9(14)6-13/h2-3,5,11,15H,4,6H2,1H3,(H,16,17). The van der Waals surface area contributed by atoms with Crippen LogP contribution >= 0.6 is 23.4 Å². The van der Waals surface area contributed by atoms with E-state index in [9.17, 15) is 14.7 Å². The summed E-state index contributed by atoms with van der Waals surface area (Å²) in [4.78, 5) is 22.7. The number of aliphatic carboxylic acids is 1. The van der Waals surface area contributed by atoms with Crippen LogP contribution in [0, 0.1) is 0 Å². The Morgan fingerprint density at radius 2 is 2.11 bits per heavy atom. The van der Waals surface area contributed by atoms with Gasteiger partial charge in [-0.2, -0.15) is 0 Å². The Balaban J connectivity index is 3.03. The molecule has 0 spiro atoms. The number of aliphatic hydroxyl groups is 1. The Labute approximate surface area is 114 Å². The van der Waals surface area contributed by atoms with Crippen molar-refractivity contribution in [1.29, 1.82) is 0 Å². The van der Waals surface area contributed by atoms with Crippen LogP contribution in [0.15, 0.2) is 23.1 Å². The van der Waals surface area contributed by atoms with Crippen molar-refractivity contribution in [2.45, 2.75) is 17.4 Å². The first-order chi connectivity index (χ1) is 8.49. The van der Waals surface area contributed by atoms with Gasteiger partial charge in [-0.3, -0.25) is 4.79 Å². The van der Waals surface area contributed by atoms with E-state index in [-0.39, 0.29) is 18.1 Å². The summed E-state index contributed by atoms with van der Waals surface area (Å²) < 4.78 is 0. The number of carbonyl (C=O) groups is 2. The maximum Gasteiger partial charge on any atom is 0.337 e. The van der Waals surface area contributed by atoms with Gasteiger partial charge < -0.3 is 10.2 Å². The molecule has 6 heteroatoms. The van der Waals surface area contributed by atoms with Gasteiger partial charge in [-0.15, -0.1) is 23.4 Å². The van der Waals surface area contributed by atoms with E-state index in [2.05, 4.69) is 0 Å². The number of thioether (sulfide) groups is 1. The van der Waals surface area contributed by atoms with Crippen LogP contribution < -0.4 is 0 Å². The summed E-state index contributed by atoms with van der Waals surface area (Å²) in [5.41, 5.74) is 1.09. The monoisotopic (exact) mass is 288 g/mol. The van der Waals surface area contributed by atoms with E-state index in [0.29, 0.717) is 5.56 Å². The number of benzene rings is 1. The SMILES string of the molecule is CSc1cc(C(O)C(=O)O)ccc1CC(=O)CCl. The van der Waals surface area contributed by atoms with Crippen molar-refractivity contribution in [3.63, 3.8) is 0 Å². The number of Topliss-reactive ketones (excluding diaryl/α,β-unsaturated/α-hetero) is 1.